The van der Waals surface area contributed by atoms with E-state index in [0.717, 1.165) is 0 Å². The third kappa shape index (κ3) is 5.73. The van der Waals surface area contributed by atoms with Crippen LogP contribution in [0.25, 0.3) is 0 Å². The third-order valence-electron chi connectivity index (χ3n) is 0.635. The van der Waals surface area contributed by atoms with Gasteiger partial charge in [-0.05, 0) is 0 Å². The Balaban J connectivity index is 3.63. The van der Waals surface area contributed by atoms with Gasteiger partial charge in [-0.2, -0.15) is 8.42 Å². The topological polar surface area (TPSA) is 110 Å². The molecule has 66 valence electrons. The maximum Gasteiger partial charge on any atom is 0.426 e. The molecule has 0 aromatic heterocycles. The molecule has 0 bridgehead atoms. The van der Waals surface area contributed by atoms with Crippen LogP contribution in [-0.2, 0) is 23.7 Å². The van der Waals surface area contributed by atoms with Crippen LogP contribution in [0.1, 0.15) is 6.42 Å². The lowest BCUT2D eigenvalue weighted by atomic mass is 10.5. The lowest BCUT2D eigenvalue weighted by Gasteiger charge is -1.97. The fourth-order valence-electron chi connectivity index (χ4n) is 0.253. The van der Waals surface area contributed by atoms with Crippen LogP contribution in [-0.4, -0.2) is 31.4 Å². The van der Waals surface area contributed by atoms with Crippen molar-refractivity contribution in [2.45, 2.75) is 6.42 Å². The fraction of sp³-hybridized carbons (Fsp3) is 0.667. The van der Waals surface area contributed by atoms with Crippen LogP contribution >= 0.6 is 0 Å². The van der Waals surface area contributed by atoms with Crippen molar-refractivity contribution < 1.29 is 32.1 Å². The van der Waals surface area contributed by atoms with Crippen LogP contribution in [0.5, 0.6) is 0 Å². The van der Waals surface area contributed by atoms with Crippen molar-refractivity contribution in [2.75, 3.05) is 6.61 Å². The lowest BCUT2D eigenvalue weighted by molar-refractivity contribution is -0.144. The second kappa shape index (κ2) is 4.23. The highest BCUT2D eigenvalue weighted by atomic mass is 32.3. The Morgan fingerprint density at radius 1 is 1.45 bits per heavy atom. The molecule has 0 heterocycles. The van der Waals surface area contributed by atoms with Gasteiger partial charge in [-0.15, -0.1) is 0 Å². The Bertz CT molecular complexity index is 216. The van der Waals surface area contributed by atoms with Gasteiger partial charge in [0.25, 0.3) is 0 Å². The molecule has 0 radical (unpaired) electrons. The molecule has 0 rings (SSSR count). The van der Waals surface area contributed by atoms with Gasteiger partial charge in [-0.25, -0.2) is 9.44 Å². The predicted molar refractivity (Wildman–Crippen MR) is 30.8 cm³/mol. The van der Waals surface area contributed by atoms with Gasteiger partial charge in [0.05, 0.1) is 13.0 Å². The molecule has 2 N–H and O–H groups in total. The summed E-state index contributed by atoms with van der Waals surface area (Å²) < 4.78 is 26.9. The number of carbonyl (C=O) groups is 1. The maximum atomic E-state index is 10.1. The van der Waals surface area contributed by atoms with E-state index in [9.17, 15) is 13.2 Å². The summed E-state index contributed by atoms with van der Waals surface area (Å²) in [6, 6.07) is 0. The molecule has 0 aromatic carbocycles. The second-order valence-electron chi connectivity index (χ2n) is 1.45. The SMILES string of the molecule is O=C(O)CCOS(=O)(=O)OO. The lowest BCUT2D eigenvalue weighted by Crippen LogP contribution is -2.11. The summed E-state index contributed by atoms with van der Waals surface area (Å²) in [5.41, 5.74) is 0. The van der Waals surface area contributed by atoms with E-state index in [2.05, 4.69) is 8.52 Å². The van der Waals surface area contributed by atoms with Crippen LogP contribution in [0.4, 0.5) is 0 Å². The van der Waals surface area contributed by atoms with E-state index in [4.69, 9.17) is 10.4 Å². The Morgan fingerprint density at radius 2 is 2.00 bits per heavy atom. The summed E-state index contributed by atoms with van der Waals surface area (Å²) in [5, 5.41) is 15.6. The molecule has 0 aliphatic rings. The molecule has 8 heteroatoms. The molecule has 0 aliphatic heterocycles. The van der Waals surface area contributed by atoms with E-state index in [1.807, 2.05) is 0 Å². The van der Waals surface area contributed by atoms with Gasteiger partial charge in [0.2, 0.25) is 0 Å². The molecule has 11 heavy (non-hydrogen) atoms. The van der Waals surface area contributed by atoms with Crippen molar-refractivity contribution in [1.29, 1.82) is 0 Å². The molecule has 0 spiro atoms. The molecule has 0 aromatic rings. The minimum Gasteiger partial charge on any atom is -0.481 e. The Morgan fingerprint density at radius 3 is 2.36 bits per heavy atom. The largest absolute Gasteiger partial charge is 0.481 e. The van der Waals surface area contributed by atoms with Crippen molar-refractivity contribution in [2.24, 2.45) is 0 Å². The summed E-state index contributed by atoms with van der Waals surface area (Å²) in [6.07, 6.45) is -0.484. The first kappa shape index (κ1) is 10.3. The van der Waals surface area contributed by atoms with Gasteiger partial charge in [-0.3, -0.25) is 4.79 Å². The van der Waals surface area contributed by atoms with Crippen molar-refractivity contribution in [3.05, 3.63) is 0 Å². The monoisotopic (exact) mass is 186 g/mol. The average molecular weight is 186 g/mol. The molecule has 0 saturated heterocycles. The first-order valence-electron chi connectivity index (χ1n) is 2.42. The summed E-state index contributed by atoms with van der Waals surface area (Å²) in [5.74, 6) is -1.21. The normalized spacial score (nSPS) is 11.4. The first-order chi connectivity index (χ1) is 4.98. The zero-order valence-corrected chi connectivity index (χ0v) is 6.07. The molecule has 0 aliphatic carbocycles. The number of aliphatic carboxylic acids is 1. The van der Waals surface area contributed by atoms with Gasteiger partial charge >= 0.3 is 16.4 Å². The second-order valence-corrected chi connectivity index (χ2v) is 2.65. The molecular formula is C3H6O7S. The highest BCUT2D eigenvalue weighted by Crippen LogP contribution is 1.93. The van der Waals surface area contributed by atoms with E-state index < -0.39 is 29.4 Å². The smallest absolute Gasteiger partial charge is 0.426 e. The maximum absolute atomic E-state index is 10.1. The Kier molecular flexibility index (Phi) is 3.97. The minimum absolute atomic E-state index is 0.484. The van der Waals surface area contributed by atoms with Crippen LogP contribution in [0.15, 0.2) is 0 Å². The molecule has 0 unspecified atom stereocenters. The van der Waals surface area contributed by atoms with Crippen molar-refractivity contribution in [3.63, 3.8) is 0 Å². The summed E-state index contributed by atoms with van der Waals surface area (Å²) in [7, 11) is -4.42. The fourth-order valence-corrected chi connectivity index (χ4v) is 0.583. The summed E-state index contributed by atoms with van der Waals surface area (Å²) >= 11 is 0. The first-order valence-corrected chi connectivity index (χ1v) is 3.75. The molecule has 0 fully saturated rings. The number of carboxylic acids is 1. The third-order valence-corrected chi connectivity index (χ3v) is 1.27. The number of hydrogen-bond donors (Lipinski definition) is 2. The molecule has 0 atom stereocenters. The van der Waals surface area contributed by atoms with E-state index in [0.29, 0.717) is 0 Å². The summed E-state index contributed by atoms with van der Waals surface area (Å²) in [4.78, 5) is 9.80. The van der Waals surface area contributed by atoms with Crippen LogP contribution in [0.3, 0.4) is 0 Å². The molecule has 0 saturated carbocycles. The standard InChI is InChI=1S/C3H6O7S/c4-3(5)1-2-9-11(7,8)10-6/h6H,1-2H2,(H,4,5). The van der Waals surface area contributed by atoms with Gasteiger partial charge in [0, 0.05) is 0 Å². The number of hydrogen-bond acceptors (Lipinski definition) is 6. The molecular weight excluding hydrogens is 180 g/mol. The van der Waals surface area contributed by atoms with Gasteiger partial charge in [0.15, 0.2) is 0 Å². The van der Waals surface area contributed by atoms with E-state index in [1.54, 1.807) is 0 Å². The zero-order chi connectivity index (χ0) is 8.91. The highest BCUT2D eigenvalue weighted by Gasteiger charge is 2.11. The molecule has 0 amide bonds. The number of rotatable bonds is 5. The van der Waals surface area contributed by atoms with E-state index >= 15 is 0 Å². The Labute approximate surface area is 62.4 Å². The van der Waals surface area contributed by atoms with Gasteiger partial charge in [-0.1, -0.05) is 4.33 Å². The van der Waals surface area contributed by atoms with Crippen LogP contribution < -0.4 is 0 Å². The average Bonchev–Trinajstić information content (AvgIpc) is 1.87. The predicted octanol–water partition coefficient (Wildman–Crippen LogP) is -0.788. The zero-order valence-electron chi connectivity index (χ0n) is 5.26. The highest BCUT2D eigenvalue weighted by molar-refractivity contribution is 7.81. The van der Waals surface area contributed by atoms with Crippen LogP contribution in [0.2, 0.25) is 0 Å². The van der Waals surface area contributed by atoms with Crippen molar-refractivity contribution in [1.82, 2.24) is 0 Å². The van der Waals surface area contributed by atoms with Gasteiger partial charge < -0.3 is 5.11 Å². The summed E-state index contributed by atoms with van der Waals surface area (Å²) in [6.45, 7) is -0.571. The van der Waals surface area contributed by atoms with Crippen molar-refractivity contribution in [3.8, 4) is 0 Å². The minimum atomic E-state index is -4.42. The van der Waals surface area contributed by atoms with E-state index in [-0.39, 0.29) is 0 Å². The van der Waals surface area contributed by atoms with E-state index in [1.165, 1.54) is 0 Å². The van der Waals surface area contributed by atoms with Crippen molar-refractivity contribution >= 4 is 16.4 Å². The van der Waals surface area contributed by atoms with Crippen LogP contribution in [0, 0.1) is 0 Å². The van der Waals surface area contributed by atoms with Gasteiger partial charge in [0.1, 0.15) is 0 Å². The number of carboxylic acid groups (broad SMARTS) is 1. The Hall–Kier alpha value is -0.700. The quantitative estimate of drug-likeness (QED) is 0.427. The molecule has 7 nitrogen and oxygen atoms in total.